The summed E-state index contributed by atoms with van der Waals surface area (Å²) in [7, 11) is 0. The molecule has 0 saturated carbocycles. The van der Waals surface area contributed by atoms with Crippen molar-refractivity contribution in [1.82, 2.24) is 15.3 Å². The fourth-order valence-electron chi connectivity index (χ4n) is 2.67. The summed E-state index contributed by atoms with van der Waals surface area (Å²) in [4.78, 5) is 31.0. The maximum Gasteiger partial charge on any atom is 0.586 e. The van der Waals surface area contributed by atoms with Gasteiger partial charge in [0.15, 0.2) is 11.5 Å². The van der Waals surface area contributed by atoms with Crippen molar-refractivity contribution in [2.75, 3.05) is 5.32 Å². The highest BCUT2D eigenvalue weighted by atomic mass is 19.3. The number of amides is 2. The first-order valence-electron chi connectivity index (χ1n) is 7.81. The lowest BCUT2D eigenvalue weighted by atomic mass is 10.2. The summed E-state index contributed by atoms with van der Waals surface area (Å²) in [5, 5.41) is 5.47. The Labute approximate surface area is 150 Å². The number of nitrogens with one attached hydrogen (secondary N) is 3. The van der Waals surface area contributed by atoms with E-state index in [2.05, 4.69) is 30.1 Å². The number of anilines is 1. The van der Waals surface area contributed by atoms with E-state index in [1.807, 2.05) is 0 Å². The number of hydrogen-bond acceptors (Lipinski definition) is 5. The number of ether oxygens (including phenoxy) is 2. The molecule has 2 amide bonds. The molecule has 27 heavy (non-hydrogen) atoms. The van der Waals surface area contributed by atoms with Gasteiger partial charge < -0.3 is 25.1 Å². The van der Waals surface area contributed by atoms with Crippen molar-refractivity contribution in [2.24, 2.45) is 0 Å². The van der Waals surface area contributed by atoms with Crippen LogP contribution in [0.15, 0.2) is 42.9 Å². The molecule has 0 spiro atoms. The number of aromatic amines is 1. The third kappa shape index (κ3) is 3.24. The molecule has 0 fully saturated rings. The molecule has 0 saturated heterocycles. The molecule has 138 valence electrons. The van der Waals surface area contributed by atoms with Crippen LogP contribution in [-0.2, 0) is 16.1 Å². The topological polar surface area (TPSA) is 105 Å². The number of carbonyl (C=O) groups is 2. The van der Waals surface area contributed by atoms with Gasteiger partial charge in [-0.05, 0) is 12.1 Å². The fourth-order valence-corrected chi connectivity index (χ4v) is 2.67. The molecule has 3 aromatic rings. The van der Waals surface area contributed by atoms with Crippen LogP contribution in [0.1, 0.15) is 5.56 Å². The zero-order valence-corrected chi connectivity index (χ0v) is 13.6. The molecule has 2 aromatic heterocycles. The van der Waals surface area contributed by atoms with Crippen LogP contribution in [-0.4, -0.2) is 28.1 Å². The number of hydrogen-bond donors (Lipinski definition) is 3. The molecule has 0 bridgehead atoms. The number of rotatable bonds is 3. The summed E-state index contributed by atoms with van der Waals surface area (Å²) in [6.45, 7) is -0.190. The van der Waals surface area contributed by atoms with E-state index in [1.54, 1.807) is 18.5 Å². The normalized spacial score (nSPS) is 14.1. The quantitative estimate of drug-likeness (QED) is 0.609. The van der Waals surface area contributed by atoms with Gasteiger partial charge in [0.25, 0.3) is 0 Å². The Balaban J connectivity index is 1.42. The average Bonchev–Trinajstić information content (AvgIpc) is 3.19. The van der Waals surface area contributed by atoms with Crippen LogP contribution in [0, 0.1) is 0 Å². The molecule has 0 atom stereocenters. The lowest BCUT2D eigenvalue weighted by Crippen LogP contribution is -2.35. The van der Waals surface area contributed by atoms with Crippen LogP contribution < -0.4 is 20.1 Å². The van der Waals surface area contributed by atoms with Gasteiger partial charge in [-0.3, -0.25) is 14.6 Å². The summed E-state index contributed by atoms with van der Waals surface area (Å²) in [5.41, 5.74) is 1.40. The number of carbonyl (C=O) groups excluding carboxylic acids is 2. The zero-order valence-electron chi connectivity index (χ0n) is 13.6. The average molecular weight is 374 g/mol. The van der Waals surface area contributed by atoms with Crippen molar-refractivity contribution in [2.45, 2.75) is 12.8 Å². The highest BCUT2D eigenvalue weighted by Crippen LogP contribution is 2.43. The Kier molecular flexibility index (Phi) is 3.87. The minimum atomic E-state index is -3.76. The number of halogens is 2. The minimum Gasteiger partial charge on any atom is -0.395 e. The molecule has 1 aliphatic rings. The van der Waals surface area contributed by atoms with Gasteiger partial charge >= 0.3 is 18.1 Å². The van der Waals surface area contributed by atoms with Crippen molar-refractivity contribution >= 4 is 28.4 Å². The van der Waals surface area contributed by atoms with E-state index in [4.69, 9.17) is 0 Å². The van der Waals surface area contributed by atoms with E-state index in [9.17, 15) is 18.4 Å². The predicted octanol–water partition coefficient (Wildman–Crippen LogP) is 2.14. The summed E-state index contributed by atoms with van der Waals surface area (Å²) >= 11 is 0. The SMILES string of the molecule is O=C(NCc1cccc2c1OC(F)(F)O2)C(=O)Nc1c[nH]c2ccncc12. The monoisotopic (exact) mass is 374 g/mol. The van der Waals surface area contributed by atoms with Crippen molar-refractivity contribution in [3.05, 3.63) is 48.4 Å². The van der Waals surface area contributed by atoms with Gasteiger partial charge in [-0.15, -0.1) is 8.78 Å². The second-order valence-corrected chi connectivity index (χ2v) is 5.67. The summed E-state index contributed by atoms with van der Waals surface area (Å²) in [6.07, 6.45) is 0.910. The van der Waals surface area contributed by atoms with E-state index in [0.717, 1.165) is 5.52 Å². The Bertz CT molecular complexity index is 1050. The Morgan fingerprint density at radius 3 is 2.89 bits per heavy atom. The molecular formula is C17H12F2N4O4. The first-order chi connectivity index (χ1) is 12.9. The van der Waals surface area contributed by atoms with E-state index in [0.29, 0.717) is 11.1 Å². The Morgan fingerprint density at radius 1 is 1.19 bits per heavy atom. The van der Waals surface area contributed by atoms with Crippen LogP contribution in [0.3, 0.4) is 0 Å². The number of aromatic nitrogens is 2. The van der Waals surface area contributed by atoms with Gasteiger partial charge in [0.1, 0.15) is 0 Å². The number of nitrogens with zero attached hydrogens (tertiary/aromatic N) is 1. The molecule has 1 aromatic carbocycles. The molecule has 0 aliphatic carbocycles. The number of para-hydroxylation sites is 1. The molecule has 3 N–H and O–H groups in total. The van der Waals surface area contributed by atoms with E-state index in [-0.39, 0.29) is 23.6 Å². The summed E-state index contributed by atoms with van der Waals surface area (Å²) in [6, 6.07) is 6.00. The van der Waals surface area contributed by atoms with Gasteiger partial charge in [-0.2, -0.15) is 0 Å². The fraction of sp³-hybridized carbons (Fsp3) is 0.118. The highest BCUT2D eigenvalue weighted by Gasteiger charge is 2.44. The largest absolute Gasteiger partial charge is 0.586 e. The van der Waals surface area contributed by atoms with Crippen LogP contribution in [0.5, 0.6) is 11.5 Å². The third-order valence-corrected chi connectivity index (χ3v) is 3.89. The number of pyridine rings is 1. The van der Waals surface area contributed by atoms with Gasteiger partial charge in [-0.25, -0.2) is 0 Å². The first kappa shape index (κ1) is 16.8. The second-order valence-electron chi connectivity index (χ2n) is 5.67. The Morgan fingerprint density at radius 2 is 2.04 bits per heavy atom. The molecule has 10 heteroatoms. The lowest BCUT2D eigenvalue weighted by molar-refractivity contribution is -0.286. The van der Waals surface area contributed by atoms with Gasteiger partial charge in [0.2, 0.25) is 0 Å². The maximum absolute atomic E-state index is 13.2. The van der Waals surface area contributed by atoms with Gasteiger partial charge in [-0.1, -0.05) is 12.1 Å². The molecule has 3 heterocycles. The van der Waals surface area contributed by atoms with E-state index in [1.165, 1.54) is 24.4 Å². The molecule has 0 radical (unpaired) electrons. The number of fused-ring (bicyclic) bond motifs is 2. The molecular weight excluding hydrogens is 362 g/mol. The smallest absolute Gasteiger partial charge is 0.395 e. The first-order valence-corrected chi connectivity index (χ1v) is 7.81. The minimum absolute atomic E-state index is 0.137. The molecule has 4 rings (SSSR count). The van der Waals surface area contributed by atoms with Gasteiger partial charge in [0, 0.05) is 36.1 Å². The molecule has 0 unspecified atom stereocenters. The van der Waals surface area contributed by atoms with Crippen LogP contribution in [0.2, 0.25) is 0 Å². The van der Waals surface area contributed by atoms with Crippen LogP contribution in [0.4, 0.5) is 14.5 Å². The summed E-state index contributed by atoms with van der Waals surface area (Å²) < 4.78 is 35.1. The zero-order chi connectivity index (χ0) is 19.0. The van der Waals surface area contributed by atoms with E-state index < -0.39 is 18.1 Å². The van der Waals surface area contributed by atoms with Crippen molar-refractivity contribution in [1.29, 1.82) is 0 Å². The third-order valence-electron chi connectivity index (χ3n) is 3.89. The lowest BCUT2D eigenvalue weighted by Gasteiger charge is -2.08. The van der Waals surface area contributed by atoms with Gasteiger partial charge in [0.05, 0.1) is 11.2 Å². The van der Waals surface area contributed by atoms with Crippen molar-refractivity contribution in [3.8, 4) is 11.5 Å². The molecule has 8 nitrogen and oxygen atoms in total. The van der Waals surface area contributed by atoms with Crippen molar-refractivity contribution in [3.63, 3.8) is 0 Å². The Hall–Kier alpha value is -3.69. The van der Waals surface area contributed by atoms with Crippen LogP contribution >= 0.6 is 0 Å². The maximum atomic E-state index is 13.2. The van der Waals surface area contributed by atoms with Crippen molar-refractivity contribution < 1.29 is 27.8 Å². The predicted molar refractivity (Wildman–Crippen MR) is 89.2 cm³/mol. The second kappa shape index (κ2) is 6.24. The number of alkyl halides is 2. The van der Waals surface area contributed by atoms with E-state index >= 15 is 0 Å². The number of H-pyrrole nitrogens is 1. The standard InChI is InChI=1S/C17H12F2N4O4/c18-17(19)26-13-3-1-2-9(14(13)27-17)6-22-15(24)16(25)23-12-8-21-11-4-5-20-7-10(11)12/h1-5,7-8,21H,6H2,(H,22,24)(H,23,25). The highest BCUT2D eigenvalue weighted by molar-refractivity contribution is 6.40. The molecule has 1 aliphatic heterocycles. The summed E-state index contributed by atoms with van der Waals surface area (Å²) in [5.74, 6) is -2.15. The van der Waals surface area contributed by atoms with Crippen LogP contribution in [0.25, 0.3) is 10.9 Å². The number of benzene rings is 1.